The molecular formula is C27H25ClN2O4. The van der Waals surface area contributed by atoms with Crippen LogP contribution in [0.1, 0.15) is 11.1 Å². The number of nitrogens with one attached hydrogen (secondary N) is 2. The van der Waals surface area contributed by atoms with Crippen molar-refractivity contribution in [3.63, 3.8) is 0 Å². The number of anilines is 2. The topological polar surface area (TPSA) is 79.8 Å². The maximum Gasteiger partial charge on any atom is 0.228 e. The molecule has 0 aliphatic carbocycles. The van der Waals surface area contributed by atoms with E-state index in [2.05, 4.69) is 10.6 Å². The van der Waals surface area contributed by atoms with Gasteiger partial charge in [0.2, 0.25) is 5.91 Å². The molecule has 0 saturated heterocycles. The van der Waals surface area contributed by atoms with E-state index in [1.165, 1.54) is 0 Å². The van der Waals surface area contributed by atoms with E-state index >= 15 is 0 Å². The van der Waals surface area contributed by atoms with E-state index in [0.29, 0.717) is 39.7 Å². The second-order valence-corrected chi connectivity index (χ2v) is 8.18. The Balaban J connectivity index is 1.71. The summed E-state index contributed by atoms with van der Waals surface area (Å²) < 4.78 is 11.0. The van der Waals surface area contributed by atoms with Crippen LogP contribution in [0.15, 0.2) is 72.8 Å². The molecule has 0 saturated carbocycles. The summed E-state index contributed by atoms with van der Waals surface area (Å²) >= 11 is 5.92. The fourth-order valence-corrected chi connectivity index (χ4v) is 3.94. The number of halogens is 1. The van der Waals surface area contributed by atoms with E-state index in [1.54, 1.807) is 50.6 Å². The van der Waals surface area contributed by atoms with Gasteiger partial charge in [0.25, 0.3) is 0 Å². The molecule has 0 atom stereocenters. The summed E-state index contributed by atoms with van der Waals surface area (Å²) in [5, 5.41) is 19.2. The van der Waals surface area contributed by atoms with E-state index in [-0.39, 0.29) is 18.1 Å². The van der Waals surface area contributed by atoms with Crippen LogP contribution in [-0.2, 0) is 17.8 Å². The maximum atomic E-state index is 12.8. The summed E-state index contributed by atoms with van der Waals surface area (Å²) in [6.45, 7) is 0.570. The number of methoxy groups -OCH3 is 2. The van der Waals surface area contributed by atoms with Gasteiger partial charge >= 0.3 is 0 Å². The molecule has 0 bridgehead atoms. The highest BCUT2D eigenvalue weighted by Gasteiger charge is 2.18. The Morgan fingerprint density at radius 1 is 0.912 bits per heavy atom. The lowest BCUT2D eigenvalue weighted by Crippen LogP contribution is -2.15. The Morgan fingerprint density at radius 3 is 2.21 bits per heavy atom. The van der Waals surface area contributed by atoms with E-state index in [1.807, 2.05) is 36.4 Å². The number of fused-ring (bicyclic) bond motifs is 1. The van der Waals surface area contributed by atoms with Gasteiger partial charge in [0.15, 0.2) is 11.5 Å². The number of ether oxygens (including phenoxy) is 2. The highest BCUT2D eigenvalue weighted by atomic mass is 35.5. The summed E-state index contributed by atoms with van der Waals surface area (Å²) in [7, 11) is 3.12. The van der Waals surface area contributed by atoms with E-state index < -0.39 is 0 Å². The van der Waals surface area contributed by atoms with Crippen LogP contribution >= 0.6 is 11.6 Å². The zero-order chi connectivity index (χ0) is 24.1. The third-order valence-corrected chi connectivity index (χ3v) is 5.77. The van der Waals surface area contributed by atoms with Gasteiger partial charge in [0, 0.05) is 40.0 Å². The van der Waals surface area contributed by atoms with Crippen molar-refractivity contribution >= 4 is 39.7 Å². The minimum atomic E-state index is -0.265. The molecule has 0 aliphatic rings. The second kappa shape index (κ2) is 10.4. The Morgan fingerprint density at radius 2 is 1.56 bits per heavy atom. The van der Waals surface area contributed by atoms with Gasteiger partial charge < -0.3 is 25.2 Å². The first-order chi connectivity index (χ1) is 16.5. The smallest absolute Gasteiger partial charge is 0.228 e. The van der Waals surface area contributed by atoms with Crippen LogP contribution in [0.25, 0.3) is 10.8 Å². The molecule has 6 nitrogen and oxygen atoms in total. The number of benzene rings is 4. The molecular weight excluding hydrogens is 452 g/mol. The van der Waals surface area contributed by atoms with Crippen LogP contribution in [0, 0.1) is 0 Å². The molecule has 4 rings (SSSR count). The van der Waals surface area contributed by atoms with Gasteiger partial charge in [-0.15, -0.1) is 0 Å². The lowest BCUT2D eigenvalue weighted by atomic mass is 9.98. The number of rotatable bonds is 8. The first kappa shape index (κ1) is 23.3. The van der Waals surface area contributed by atoms with Crippen LogP contribution in [0.3, 0.4) is 0 Å². The number of aromatic hydroxyl groups is 1. The van der Waals surface area contributed by atoms with E-state index in [9.17, 15) is 9.90 Å². The predicted molar refractivity (Wildman–Crippen MR) is 136 cm³/mol. The molecule has 34 heavy (non-hydrogen) atoms. The zero-order valence-corrected chi connectivity index (χ0v) is 19.6. The van der Waals surface area contributed by atoms with Crippen molar-refractivity contribution in [2.75, 3.05) is 24.9 Å². The third-order valence-electron chi connectivity index (χ3n) is 5.52. The highest BCUT2D eigenvalue weighted by molar-refractivity contribution is 6.30. The van der Waals surface area contributed by atoms with Crippen LogP contribution < -0.4 is 20.1 Å². The molecule has 0 aliphatic heterocycles. The zero-order valence-electron chi connectivity index (χ0n) is 18.9. The molecule has 3 N–H and O–H groups in total. The van der Waals surface area contributed by atoms with Gasteiger partial charge in [-0.2, -0.15) is 0 Å². The lowest BCUT2D eigenvalue weighted by Gasteiger charge is -2.18. The van der Waals surface area contributed by atoms with Crippen LogP contribution in [0.5, 0.6) is 17.2 Å². The largest absolute Gasteiger partial charge is 0.508 e. The molecule has 0 radical (unpaired) electrons. The number of amides is 1. The van der Waals surface area contributed by atoms with Gasteiger partial charge in [0.05, 0.1) is 20.6 Å². The Labute approximate surface area is 203 Å². The van der Waals surface area contributed by atoms with Crippen LogP contribution in [0.2, 0.25) is 5.02 Å². The second-order valence-electron chi connectivity index (χ2n) is 7.75. The normalized spacial score (nSPS) is 10.7. The minimum Gasteiger partial charge on any atom is -0.508 e. The van der Waals surface area contributed by atoms with Gasteiger partial charge in [-0.05, 0) is 47.3 Å². The summed E-state index contributed by atoms with van der Waals surface area (Å²) in [6.07, 6.45) is -0.0284. The predicted octanol–water partition coefficient (Wildman–Crippen LogP) is 6.01. The number of phenolic OH excluding ortho intramolecular Hbond substituents is 1. The molecule has 0 fully saturated rings. The quantitative estimate of drug-likeness (QED) is 0.290. The monoisotopic (exact) mass is 476 g/mol. The minimum absolute atomic E-state index is 0.0153. The number of carbonyl (C=O) groups excluding carboxylic acids is 1. The first-order valence-electron chi connectivity index (χ1n) is 10.7. The molecule has 0 unspecified atom stereocenters. The van der Waals surface area contributed by atoms with Crippen molar-refractivity contribution in [2.45, 2.75) is 13.0 Å². The standard InChI is InChI=1S/C27H25ClN2O4/c1-33-25-12-20-21(13-26(25)34-2)23(29-16-17-6-4-3-5-7-17)15-24(31)22(20)14-27(32)30-19-10-8-18(28)9-11-19/h3-13,15,29,31H,14,16H2,1-2H3,(H,30,32). The summed E-state index contributed by atoms with van der Waals surface area (Å²) in [5.41, 5.74) is 2.94. The average molecular weight is 477 g/mol. The van der Waals surface area contributed by atoms with Gasteiger partial charge in [0.1, 0.15) is 5.75 Å². The molecule has 7 heteroatoms. The van der Waals surface area contributed by atoms with E-state index in [0.717, 1.165) is 16.6 Å². The molecule has 4 aromatic carbocycles. The molecule has 174 valence electrons. The number of phenols is 1. The fourth-order valence-electron chi connectivity index (χ4n) is 3.82. The van der Waals surface area contributed by atoms with Gasteiger partial charge in [-0.25, -0.2) is 0 Å². The molecule has 0 aromatic heterocycles. The van der Waals surface area contributed by atoms with Crippen molar-refractivity contribution in [3.05, 3.63) is 88.9 Å². The number of hydrogen-bond acceptors (Lipinski definition) is 5. The van der Waals surface area contributed by atoms with Gasteiger partial charge in [-0.3, -0.25) is 4.79 Å². The summed E-state index contributed by atoms with van der Waals surface area (Å²) in [6, 6.07) is 22.1. The SMILES string of the molecule is COc1cc2c(NCc3ccccc3)cc(O)c(CC(=O)Nc3ccc(Cl)cc3)c2cc1OC. The number of carbonyl (C=O) groups is 1. The maximum absolute atomic E-state index is 12.8. The van der Waals surface area contributed by atoms with Crippen molar-refractivity contribution in [2.24, 2.45) is 0 Å². The van der Waals surface area contributed by atoms with Crippen LogP contribution in [-0.4, -0.2) is 25.2 Å². The van der Waals surface area contributed by atoms with E-state index in [4.69, 9.17) is 21.1 Å². The van der Waals surface area contributed by atoms with Crippen molar-refractivity contribution in [3.8, 4) is 17.2 Å². The van der Waals surface area contributed by atoms with Crippen molar-refractivity contribution in [1.29, 1.82) is 0 Å². The van der Waals surface area contributed by atoms with Crippen LogP contribution in [0.4, 0.5) is 11.4 Å². The summed E-state index contributed by atoms with van der Waals surface area (Å²) in [5.74, 6) is 0.814. The van der Waals surface area contributed by atoms with Gasteiger partial charge in [-0.1, -0.05) is 41.9 Å². The third kappa shape index (κ3) is 5.18. The van der Waals surface area contributed by atoms with Crippen molar-refractivity contribution < 1.29 is 19.4 Å². The number of hydrogen-bond donors (Lipinski definition) is 3. The lowest BCUT2D eigenvalue weighted by molar-refractivity contribution is -0.115. The Bertz CT molecular complexity index is 1310. The molecule has 1 amide bonds. The molecule has 0 heterocycles. The van der Waals surface area contributed by atoms with Crippen molar-refractivity contribution in [1.82, 2.24) is 0 Å². The average Bonchev–Trinajstić information content (AvgIpc) is 2.85. The Kier molecular flexibility index (Phi) is 7.09. The molecule has 4 aromatic rings. The first-order valence-corrected chi connectivity index (χ1v) is 11.1. The summed E-state index contributed by atoms with van der Waals surface area (Å²) in [4.78, 5) is 12.8. The fraction of sp³-hybridized carbons (Fsp3) is 0.148. The highest BCUT2D eigenvalue weighted by Crippen LogP contribution is 2.41. The Hall–Kier alpha value is -3.90. The molecule has 0 spiro atoms.